The predicted molar refractivity (Wildman–Crippen MR) is 53.7 cm³/mol. The highest BCUT2D eigenvalue weighted by atomic mass is 16.1. The molecule has 1 unspecified atom stereocenters. The summed E-state index contributed by atoms with van der Waals surface area (Å²) < 4.78 is 1.89. The zero-order valence-corrected chi connectivity index (χ0v) is 8.76. The van der Waals surface area contributed by atoms with Crippen molar-refractivity contribution in [3.63, 3.8) is 0 Å². The molecule has 0 bridgehead atoms. The van der Waals surface area contributed by atoms with Gasteiger partial charge in [-0.3, -0.25) is 9.69 Å². The van der Waals surface area contributed by atoms with Crippen molar-refractivity contribution in [1.29, 1.82) is 0 Å². The van der Waals surface area contributed by atoms with Crippen molar-refractivity contribution in [2.24, 2.45) is 12.8 Å². The molecule has 1 fully saturated rings. The summed E-state index contributed by atoms with van der Waals surface area (Å²) in [6.45, 7) is 1.21. The monoisotopic (exact) mass is 209 g/mol. The fourth-order valence-electron chi connectivity index (χ4n) is 2.10. The first kappa shape index (κ1) is 10.1. The summed E-state index contributed by atoms with van der Waals surface area (Å²) in [6, 6.07) is 0.185. The molecule has 1 saturated heterocycles. The Morgan fingerprint density at radius 1 is 1.73 bits per heavy atom. The van der Waals surface area contributed by atoms with Crippen LogP contribution >= 0.6 is 0 Å². The number of nitrogens with two attached hydrogens (primary N) is 1. The molecular weight excluding hydrogens is 194 g/mol. The van der Waals surface area contributed by atoms with E-state index in [0.717, 1.165) is 25.2 Å². The van der Waals surface area contributed by atoms with Crippen LogP contribution in [0, 0.1) is 0 Å². The smallest absolute Gasteiger partial charge is 0.231 e. The van der Waals surface area contributed by atoms with Gasteiger partial charge in [0.15, 0.2) is 0 Å². The Labute approximate surface area is 88.1 Å². The first-order chi connectivity index (χ1) is 7.18. The van der Waals surface area contributed by atoms with Crippen LogP contribution in [-0.2, 0) is 11.8 Å². The molecule has 1 aliphatic rings. The Balaban J connectivity index is 2.14. The highest BCUT2D eigenvalue weighted by Crippen LogP contribution is 2.29. The first-order valence-electron chi connectivity index (χ1n) is 5.04. The summed E-state index contributed by atoms with van der Waals surface area (Å²) >= 11 is 0. The van der Waals surface area contributed by atoms with Gasteiger partial charge < -0.3 is 10.3 Å². The molecule has 1 amide bonds. The summed E-state index contributed by atoms with van der Waals surface area (Å²) in [6.07, 6.45) is 3.76. The quantitative estimate of drug-likeness (QED) is 0.723. The van der Waals surface area contributed by atoms with Crippen LogP contribution in [0.2, 0.25) is 0 Å². The van der Waals surface area contributed by atoms with E-state index in [1.807, 2.05) is 11.6 Å². The minimum absolute atomic E-state index is 0.185. The number of nitrogens with zero attached hydrogens (tertiary/aromatic N) is 4. The van der Waals surface area contributed by atoms with Crippen LogP contribution in [-0.4, -0.2) is 38.7 Å². The van der Waals surface area contributed by atoms with Crippen molar-refractivity contribution in [2.45, 2.75) is 18.9 Å². The van der Waals surface area contributed by atoms with Gasteiger partial charge in [0.05, 0.1) is 12.6 Å². The molecule has 2 rings (SSSR count). The van der Waals surface area contributed by atoms with Crippen LogP contribution in [0.5, 0.6) is 0 Å². The van der Waals surface area contributed by atoms with Gasteiger partial charge in [0.2, 0.25) is 5.91 Å². The molecule has 0 aromatic carbocycles. The highest BCUT2D eigenvalue weighted by molar-refractivity contribution is 5.76. The number of rotatable bonds is 3. The van der Waals surface area contributed by atoms with Gasteiger partial charge >= 0.3 is 0 Å². The number of amides is 1. The molecular formula is C9H15N5O. The summed E-state index contributed by atoms with van der Waals surface area (Å²) in [4.78, 5) is 13.0. The van der Waals surface area contributed by atoms with Gasteiger partial charge in [-0.2, -0.15) is 0 Å². The molecule has 15 heavy (non-hydrogen) atoms. The summed E-state index contributed by atoms with van der Waals surface area (Å²) in [7, 11) is 1.91. The molecule has 1 aromatic rings. The number of hydrogen-bond acceptors (Lipinski definition) is 4. The zero-order chi connectivity index (χ0) is 10.8. The maximum atomic E-state index is 10.9. The highest BCUT2D eigenvalue weighted by Gasteiger charge is 2.29. The molecule has 2 heterocycles. The maximum absolute atomic E-state index is 10.9. The van der Waals surface area contributed by atoms with E-state index < -0.39 is 0 Å². The number of hydrogen-bond donors (Lipinski definition) is 1. The second-order valence-corrected chi connectivity index (χ2v) is 3.89. The molecule has 0 saturated carbocycles. The van der Waals surface area contributed by atoms with Crippen molar-refractivity contribution < 1.29 is 4.79 Å². The van der Waals surface area contributed by atoms with Crippen LogP contribution in [0.3, 0.4) is 0 Å². The van der Waals surface area contributed by atoms with E-state index in [2.05, 4.69) is 15.1 Å². The van der Waals surface area contributed by atoms with Gasteiger partial charge in [0.25, 0.3) is 0 Å². The lowest BCUT2D eigenvalue weighted by Gasteiger charge is -2.21. The van der Waals surface area contributed by atoms with Crippen molar-refractivity contribution in [3.05, 3.63) is 12.2 Å². The normalized spacial score (nSPS) is 22.1. The number of aromatic nitrogens is 3. The third-order valence-electron chi connectivity index (χ3n) is 2.77. The average molecular weight is 209 g/mol. The lowest BCUT2D eigenvalue weighted by Crippen LogP contribution is -2.34. The zero-order valence-electron chi connectivity index (χ0n) is 8.76. The van der Waals surface area contributed by atoms with Crippen molar-refractivity contribution in [1.82, 2.24) is 19.7 Å². The summed E-state index contributed by atoms with van der Waals surface area (Å²) in [5.74, 6) is 0.623. The van der Waals surface area contributed by atoms with Crippen LogP contribution in [0.15, 0.2) is 6.33 Å². The largest absolute Gasteiger partial charge is 0.369 e. The molecule has 0 aliphatic carbocycles. The Morgan fingerprint density at radius 2 is 2.53 bits per heavy atom. The molecule has 1 aromatic heterocycles. The minimum atomic E-state index is -0.288. The van der Waals surface area contributed by atoms with Crippen LogP contribution in [0.4, 0.5) is 0 Å². The number of carbonyl (C=O) groups excluding carboxylic acids is 1. The number of carbonyl (C=O) groups is 1. The third kappa shape index (κ3) is 1.99. The van der Waals surface area contributed by atoms with Gasteiger partial charge in [0, 0.05) is 7.05 Å². The second-order valence-electron chi connectivity index (χ2n) is 3.89. The summed E-state index contributed by atoms with van der Waals surface area (Å²) in [5, 5.41) is 7.92. The second kappa shape index (κ2) is 3.98. The van der Waals surface area contributed by atoms with E-state index in [0.29, 0.717) is 6.54 Å². The third-order valence-corrected chi connectivity index (χ3v) is 2.77. The molecule has 2 N–H and O–H groups in total. The van der Waals surface area contributed by atoms with E-state index in [9.17, 15) is 4.79 Å². The minimum Gasteiger partial charge on any atom is -0.369 e. The summed E-state index contributed by atoms with van der Waals surface area (Å²) in [5.41, 5.74) is 5.20. The van der Waals surface area contributed by atoms with Crippen LogP contribution < -0.4 is 5.73 Å². The number of primary amides is 1. The molecule has 6 heteroatoms. The van der Waals surface area contributed by atoms with Crippen LogP contribution in [0.1, 0.15) is 24.7 Å². The Morgan fingerprint density at radius 3 is 3.13 bits per heavy atom. The Kier molecular flexibility index (Phi) is 2.68. The molecule has 82 valence electrons. The lowest BCUT2D eigenvalue weighted by molar-refractivity contribution is -0.119. The molecule has 1 atom stereocenters. The van der Waals surface area contributed by atoms with Gasteiger partial charge in [0.1, 0.15) is 12.2 Å². The maximum Gasteiger partial charge on any atom is 0.231 e. The van der Waals surface area contributed by atoms with E-state index >= 15 is 0 Å². The standard InChI is InChI=1S/C9H15N5O/c1-13-6-11-12-9(13)7-3-2-4-14(7)5-8(10)15/h6-7H,2-5H2,1H3,(H2,10,15). The van der Waals surface area contributed by atoms with E-state index in [4.69, 9.17) is 5.73 Å². The van der Waals surface area contributed by atoms with E-state index in [1.54, 1.807) is 6.33 Å². The Bertz CT molecular complexity index is 361. The van der Waals surface area contributed by atoms with Gasteiger partial charge in [-0.25, -0.2) is 0 Å². The predicted octanol–water partition coefficient (Wildman–Crippen LogP) is -0.563. The Hall–Kier alpha value is -1.43. The van der Waals surface area contributed by atoms with Crippen molar-refractivity contribution in [3.8, 4) is 0 Å². The number of likely N-dealkylation sites (tertiary alicyclic amines) is 1. The molecule has 0 spiro atoms. The lowest BCUT2D eigenvalue weighted by atomic mass is 10.2. The fraction of sp³-hybridized carbons (Fsp3) is 0.667. The average Bonchev–Trinajstić information content (AvgIpc) is 2.73. The topological polar surface area (TPSA) is 77.0 Å². The number of aryl methyl sites for hydroxylation is 1. The fourth-order valence-corrected chi connectivity index (χ4v) is 2.10. The van der Waals surface area contributed by atoms with Crippen LogP contribution in [0.25, 0.3) is 0 Å². The van der Waals surface area contributed by atoms with Gasteiger partial charge in [-0.1, -0.05) is 0 Å². The van der Waals surface area contributed by atoms with E-state index in [-0.39, 0.29) is 11.9 Å². The molecule has 0 radical (unpaired) electrons. The van der Waals surface area contributed by atoms with Gasteiger partial charge in [-0.05, 0) is 19.4 Å². The molecule has 1 aliphatic heterocycles. The SMILES string of the molecule is Cn1cnnc1C1CCCN1CC(N)=O. The van der Waals surface area contributed by atoms with E-state index in [1.165, 1.54) is 0 Å². The van der Waals surface area contributed by atoms with Crippen molar-refractivity contribution >= 4 is 5.91 Å². The first-order valence-corrected chi connectivity index (χ1v) is 5.04. The molecule has 6 nitrogen and oxygen atoms in total. The van der Waals surface area contributed by atoms with Gasteiger partial charge in [-0.15, -0.1) is 10.2 Å². The van der Waals surface area contributed by atoms with Crippen molar-refractivity contribution in [2.75, 3.05) is 13.1 Å².